The van der Waals surface area contributed by atoms with Gasteiger partial charge >= 0.3 is 6.03 Å². The van der Waals surface area contributed by atoms with Crippen LogP contribution in [-0.2, 0) is 9.47 Å². The van der Waals surface area contributed by atoms with Crippen LogP contribution in [0.25, 0.3) is 0 Å². The molecule has 7 nitrogen and oxygen atoms in total. The Morgan fingerprint density at radius 3 is 2.38 bits per heavy atom. The molecule has 2 aliphatic rings. The van der Waals surface area contributed by atoms with Gasteiger partial charge in [0.2, 0.25) is 0 Å². The lowest BCUT2D eigenvalue weighted by Crippen LogP contribution is -2.47. The molecule has 1 N–H and O–H groups in total. The van der Waals surface area contributed by atoms with E-state index in [4.69, 9.17) is 9.47 Å². The van der Waals surface area contributed by atoms with Gasteiger partial charge in [0.25, 0.3) is 5.91 Å². The predicted octanol–water partition coefficient (Wildman–Crippen LogP) is 1.41. The fourth-order valence-electron chi connectivity index (χ4n) is 2.86. The topological polar surface area (TPSA) is 71.1 Å². The van der Waals surface area contributed by atoms with Gasteiger partial charge in [-0.05, 0) is 31.2 Å². The number of carbonyl (C=O) groups is 2. The SMILES string of the molecule is CC1COCCN1C(=O)c1ccc(NC(=O)N2CCOCC2)cc1. The molecule has 1 atom stereocenters. The van der Waals surface area contributed by atoms with Crippen LogP contribution in [-0.4, -0.2) is 73.8 Å². The van der Waals surface area contributed by atoms with Crippen LogP contribution in [0.2, 0.25) is 0 Å². The minimum Gasteiger partial charge on any atom is -0.378 e. The first-order valence-electron chi connectivity index (χ1n) is 8.27. The molecule has 1 unspecified atom stereocenters. The Kier molecular flexibility index (Phi) is 5.32. The van der Waals surface area contributed by atoms with Crippen molar-refractivity contribution in [2.24, 2.45) is 0 Å². The highest BCUT2D eigenvalue weighted by Gasteiger charge is 2.24. The number of anilines is 1. The Balaban J connectivity index is 1.60. The molecule has 3 rings (SSSR count). The summed E-state index contributed by atoms with van der Waals surface area (Å²) >= 11 is 0. The van der Waals surface area contributed by atoms with Crippen molar-refractivity contribution in [3.63, 3.8) is 0 Å². The normalized spacial score (nSPS) is 21.5. The number of benzene rings is 1. The maximum atomic E-state index is 12.6. The first-order chi connectivity index (χ1) is 11.6. The van der Waals surface area contributed by atoms with Crippen LogP contribution in [0.1, 0.15) is 17.3 Å². The number of rotatable bonds is 2. The lowest BCUT2D eigenvalue weighted by Gasteiger charge is -2.33. The Morgan fingerprint density at radius 2 is 1.71 bits per heavy atom. The van der Waals surface area contributed by atoms with E-state index in [1.165, 1.54) is 0 Å². The number of nitrogens with one attached hydrogen (secondary N) is 1. The molecule has 130 valence electrons. The number of morpholine rings is 2. The second-order valence-corrected chi connectivity index (χ2v) is 6.03. The zero-order valence-electron chi connectivity index (χ0n) is 13.9. The second kappa shape index (κ2) is 7.63. The van der Waals surface area contributed by atoms with Gasteiger partial charge in [0.15, 0.2) is 0 Å². The van der Waals surface area contributed by atoms with E-state index in [-0.39, 0.29) is 18.0 Å². The molecule has 0 spiro atoms. The molecule has 24 heavy (non-hydrogen) atoms. The molecular formula is C17H23N3O4. The second-order valence-electron chi connectivity index (χ2n) is 6.03. The molecule has 1 aromatic carbocycles. The predicted molar refractivity (Wildman–Crippen MR) is 89.2 cm³/mol. The van der Waals surface area contributed by atoms with Gasteiger partial charge in [-0.3, -0.25) is 4.79 Å². The van der Waals surface area contributed by atoms with E-state index in [0.29, 0.717) is 57.3 Å². The molecule has 1 aromatic rings. The van der Waals surface area contributed by atoms with Crippen molar-refractivity contribution in [3.05, 3.63) is 29.8 Å². The van der Waals surface area contributed by atoms with Crippen LogP contribution >= 0.6 is 0 Å². The molecule has 3 amide bonds. The van der Waals surface area contributed by atoms with Crippen LogP contribution < -0.4 is 5.32 Å². The van der Waals surface area contributed by atoms with Crippen molar-refractivity contribution in [1.29, 1.82) is 0 Å². The number of urea groups is 1. The summed E-state index contributed by atoms with van der Waals surface area (Å²) in [6.45, 7) is 6.05. The number of carbonyl (C=O) groups excluding carboxylic acids is 2. The summed E-state index contributed by atoms with van der Waals surface area (Å²) in [7, 11) is 0. The summed E-state index contributed by atoms with van der Waals surface area (Å²) in [6, 6.07) is 6.96. The largest absolute Gasteiger partial charge is 0.378 e. The van der Waals surface area contributed by atoms with Gasteiger partial charge in [0.05, 0.1) is 32.5 Å². The fourth-order valence-corrected chi connectivity index (χ4v) is 2.86. The van der Waals surface area contributed by atoms with Gasteiger partial charge in [0.1, 0.15) is 0 Å². The van der Waals surface area contributed by atoms with Crippen molar-refractivity contribution >= 4 is 17.6 Å². The van der Waals surface area contributed by atoms with Crippen molar-refractivity contribution in [2.45, 2.75) is 13.0 Å². The molecule has 0 bridgehead atoms. The van der Waals surface area contributed by atoms with E-state index < -0.39 is 0 Å². The monoisotopic (exact) mass is 333 g/mol. The van der Waals surface area contributed by atoms with E-state index >= 15 is 0 Å². The number of ether oxygens (including phenoxy) is 2. The molecule has 7 heteroatoms. The van der Waals surface area contributed by atoms with Crippen molar-refractivity contribution < 1.29 is 19.1 Å². The lowest BCUT2D eigenvalue weighted by atomic mass is 10.1. The third-order valence-corrected chi connectivity index (χ3v) is 4.31. The maximum absolute atomic E-state index is 12.6. The lowest BCUT2D eigenvalue weighted by molar-refractivity contribution is 0.00359. The average molecular weight is 333 g/mol. The molecule has 2 aliphatic heterocycles. The molecule has 0 aromatic heterocycles. The number of hydrogen-bond donors (Lipinski definition) is 1. The highest BCUT2D eigenvalue weighted by atomic mass is 16.5. The quantitative estimate of drug-likeness (QED) is 0.888. The molecule has 0 radical (unpaired) electrons. The minimum absolute atomic E-state index is 0.00291. The molecule has 2 saturated heterocycles. The van der Waals surface area contributed by atoms with E-state index in [0.717, 1.165) is 0 Å². The standard InChI is InChI=1S/C17H23N3O4/c1-13-12-24-11-8-20(13)16(21)14-2-4-15(5-3-14)18-17(22)19-6-9-23-10-7-19/h2-5,13H,6-12H2,1H3,(H,18,22). The van der Waals surface area contributed by atoms with Gasteiger partial charge in [-0.1, -0.05) is 0 Å². The van der Waals surface area contributed by atoms with E-state index in [9.17, 15) is 9.59 Å². The van der Waals surface area contributed by atoms with E-state index in [1.54, 1.807) is 29.2 Å². The first-order valence-corrected chi connectivity index (χ1v) is 8.27. The summed E-state index contributed by atoms with van der Waals surface area (Å²) in [5.41, 5.74) is 1.30. The van der Waals surface area contributed by atoms with Gasteiger partial charge in [0, 0.05) is 30.9 Å². The van der Waals surface area contributed by atoms with Gasteiger partial charge in [-0.2, -0.15) is 0 Å². The molecule has 2 heterocycles. The van der Waals surface area contributed by atoms with Crippen LogP contribution in [0.15, 0.2) is 24.3 Å². The summed E-state index contributed by atoms with van der Waals surface area (Å²) in [6.07, 6.45) is 0. The van der Waals surface area contributed by atoms with Crippen molar-refractivity contribution in [1.82, 2.24) is 9.80 Å². The highest BCUT2D eigenvalue weighted by Crippen LogP contribution is 2.15. The van der Waals surface area contributed by atoms with E-state index in [2.05, 4.69) is 5.32 Å². The fraction of sp³-hybridized carbons (Fsp3) is 0.529. The maximum Gasteiger partial charge on any atom is 0.321 e. The number of hydrogen-bond acceptors (Lipinski definition) is 4. The van der Waals surface area contributed by atoms with Crippen molar-refractivity contribution in [2.75, 3.05) is 51.4 Å². The summed E-state index contributed by atoms with van der Waals surface area (Å²) in [4.78, 5) is 28.2. The van der Waals surface area contributed by atoms with Gasteiger partial charge in [-0.15, -0.1) is 0 Å². The summed E-state index contributed by atoms with van der Waals surface area (Å²) < 4.78 is 10.6. The van der Waals surface area contributed by atoms with Gasteiger partial charge < -0.3 is 24.6 Å². The van der Waals surface area contributed by atoms with E-state index in [1.807, 2.05) is 11.8 Å². The van der Waals surface area contributed by atoms with Crippen LogP contribution in [0.5, 0.6) is 0 Å². The Bertz CT molecular complexity index is 584. The molecular weight excluding hydrogens is 310 g/mol. The Hall–Kier alpha value is -2.12. The summed E-state index contributed by atoms with van der Waals surface area (Å²) in [5, 5.41) is 2.85. The first kappa shape index (κ1) is 16.7. The average Bonchev–Trinajstić information content (AvgIpc) is 2.63. The number of amides is 3. The zero-order chi connectivity index (χ0) is 16.9. The van der Waals surface area contributed by atoms with Crippen molar-refractivity contribution in [3.8, 4) is 0 Å². The Labute approximate surface area is 141 Å². The van der Waals surface area contributed by atoms with Crippen LogP contribution in [0, 0.1) is 0 Å². The molecule has 0 aliphatic carbocycles. The highest BCUT2D eigenvalue weighted by molar-refractivity contribution is 5.95. The summed E-state index contributed by atoms with van der Waals surface area (Å²) in [5.74, 6) is -0.00291. The third-order valence-electron chi connectivity index (χ3n) is 4.31. The molecule has 2 fully saturated rings. The smallest absolute Gasteiger partial charge is 0.321 e. The zero-order valence-corrected chi connectivity index (χ0v) is 13.9. The Morgan fingerprint density at radius 1 is 1.04 bits per heavy atom. The van der Waals surface area contributed by atoms with Crippen LogP contribution in [0.4, 0.5) is 10.5 Å². The molecule has 0 saturated carbocycles. The number of nitrogens with zero attached hydrogens (tertiary/aromatic N) is 2. The van der Waals surface area contributed by atoms with Crippen LogP contribution in [0.3, 0.4) is 0 Å². The van der Waals surface area contributed by atoms with Gasteiger partial charge in [-0.25, -0.2) is 4.79 Å². The minimum atomic E-state index is -0.140. The third kappa shape index (κ3) is 3.85.